The molecule has 2 saturated heterocycles. The van der Waals surface area contributed by atoms with Crippen LogP contribution in [0.15, 0.2) is 0 Å². The summed E-state index contributed by atoms with van der Waals surface area (Å²) < 4.78 is 11.2. The molecule has 4 nitrogen and oxygen atoms in total. The number of rotatable bonds is 5. The van der Waals surface area contributed by atoms with Crippen LogP contribution in [0.1, 0.15) is 33.1 Å². The minimum absolute atomic E-state index is 0.0475. The molecule has 0 radical (unpaired) electrons. The van der Waals surface area contributed by atoms with Gasteiger partial charge in [0.1, 0.15) is 0 Å². The fraction of sp³-hybridized carbons (Fsp3) is 1.00. The highest BCUT2D eigenvalue weighted by atomic mass is 16.7. The van der Waals surface area contributed by atoms with E-state index in [1.807, 2.05) is 0 Å². The van der Waals surface area contributed by atoms with E-state index in [1.54, 1.807) is 0 Å². The van der Waals surface area contributed by atoms with Crippen molar-refractivity contribution in [3.05, 3.63) is 0 Å². The highest BCUT2D eigenvalue weighted by Crippen LogP contribution is 2.12. The van der Waals surface area contributed by atoms with Crippen LogP contribution in [0, 0.1) is 0 Å². The molecule has 4 heteroatoms. The molecule has 0 aromatic rings. The molecule has 18 heavy (non-hydrogen) atoms. The molecule has 2 heterocycles. The fourth-order valence-electron chi connectivity index (χ4n) is 2.68. The van der Waals surface area contributed by atoms with Crippen LogP contribution in [0.25, 0.3) is 0 Å². The van der Waals surface area contributed by atoms with Crippen molar-refractivity contribution in [2.75, 3.05) is 45.9 Å². The Hall–Kier alpha value is -0.160. The van der Waals surface area contributed by atoms with Crippen molar-refractivity contribution < 1.29 is 9.47 Å². The number of piperazine rings is 1. The average molecular weight is 256 g/mol. The van der Waals surface area contributed by atoms with Crippen LogP contribution in [0.5, 0.6) is 0 Å². The van der Waals surface area contributed by atoms with Gasteiger partial charge in [0.2, 0.25) is 0 Å². The summed E-state index contributed by atoms with van der Waals surface area (Å²) in [6.07, 6.45) is 3.36. The Morgan fingerprint density at radius 3 is 2.39 bits per heavy atom. The van der Waals surface area contributed by atoms with E-state index in [9.17, 15) is 0 Å². The summed E-state index contributed by atoms with van der Waals surface area (Å²) in [7, 11) is 0. The molecule has 0 amide bonds. The van der Waals surface area contributed by atoms with E-state index in [2.05, 4.69) is 23.6 Å². The average Bonchev–Trinajstić information content (AvgIpc) is 2.46. The summed E-state index contributed by atoms with van der Waals surface area (Å²) in [4.78, 5) is 5.14. The largest absolute Gasteiger partial charge is 0.353 e. The van der Waals surface area contributed by atoms with Gasteiger partial charge in [0.15, 0.2) is 6.29 Å². The number of hydrogen-bond donors (Lipinski definition) is 0. The van der Waals surface area contributed by atoms with Crippen molar-refractivity contribution in [2.45, 2.75) is 45.4 Å². The van der Waals surface area contributed by atoms with E-state index in [1.165, 1.54) is 32.6 Å². The van der Waals surface area contributed by atoms with Crippen molar-refractivity contribution in [3.8, 4) is 0 Å². The molecule has 2 aliphatic rings. The third-order valence-corrected chi connectivity index (χ3v) is 4.20. The second-order valence-electron chi connectivity index (χ2n) is 5.45. The van der Waals surface area contributed by atoms with Gasteiger partial charge in [-0.15, -0.1) is 0 Å². The Bertz CT molecular complexity index is 224. The monoisotopic (exact) mass is 256 g/mol. The molecule has 0 saturated carbocycles. The van der Waals surface area contributed by atoms with Gasteiger partial charge in [-0.25, -0.2) is 0 Å². The smallest absolute Gasteiger partial charge is 0.158 e. The molecule has 1 atom stereocenters. The van der Waals surface area contributed by atoms with Crippen LogP contribution in [0.2, 0.25) is 0 Å². The van der Waals surface area contributed by atoms with E-state index in [4.69, 9.17) is 9.47 Å². The van der Waals surface area contributed by atoms with Gasteiger partial charge < -0.3 is 14.4 Å². The lowest BCUT2D eigenvalue weighted by molar-refractivity contribution is -0.183. The third-order valence-electron chi connectivity index (χ3n) is 4.20. The zero-order chi connectivity index (χ0) is 12.8. The zero-order valence-electron chi connectivity index (χ0n) is 11.9. The molecule has 2 aliphatic heterocycles. The lowest BCUT2D eigenvalue weighted by Crippen LogP contribution is -2.50. The Morgan fingerprint density at radius 2 is 1.78 bits per heavy atom. The fourth-order valence-corrected chi connectivity index (χ4v) is 2.68. The maximum atomic E-state index is 5.59. The zero-order valence-corrected chi connectivity index (χ0v) is 11.9. The van der Waals surface area contributed by atoms with Gasteiger partial charge in [-0.05, 0) is 19.8 Å². The van der Waals surface area contributed by atoms with Crippen LogP contribution in [-0.2, 0) is 9.47 Å². The van der Waals surface area contributed by atoms with Gasteiger partial charge in [0.05, 0.1) is 13.2 Å². The van der Waals surface area contributed by atoms with E-state index in [0.717, 1.165) is 38.6 Å². The summed E-state index contributed by atoms with van der Waals surface area (Å²) in [6, 6.07) is 0.733. The normalized spacial score (nSPS) is 26.3. The van der Waals surface area contributed by atoms with Crippen LogP contribution in [0.4, 0.5) is 0 Å². The van der Waals surface area contributed by atoms with Gasteiger partial charge in [-0.1, -0.05) is 6.92 Å². The maximum absolute atomic E-state index is 5.59. The standard InChI is InChI=1S/C14H28N2O2/c1-3-13(2)16-9-7-15(8-10-16)6-5-14-17-11-4-12-18-14/h13-14H,3-12H2,1-2H3. The molecule has 0 bridgehead atoms. The molecule has 106 valence electrons. The van der Waals surface area contributed by atoms with Gasteiger partial charge >= 0.3 is 0 Å². The Kier molecular flexibility index (Phi) is 5.89. The molecule has 0 aliphatic carbocycles. The predicted octanol–water partition coefficient (Wildman–Crippen LogP) is 1.56. The summed E-state index contributed by atoms with van der Waals surface area (Å²) in [5.41, 5.74) is 0. The second kappa shape index (κ2) is 7.43. The van der Waals surface area contributed by atoms with Gasteiger partial charge in [-0.3, -0.25) is 4.90 Å². The van der Waals surface area contributed by atoms with Gasteiger partial charge in [0, 0.05) is 45.2 Å². The van der Waals surface area contributed by atoms with E-state index in [0.29, 0.717) is 0 Å². The number of nitrogens with zero attached hydrogens (tertiary/aromatic N) is 2. The summed E-state index contributed by atoms with van der Waals surface area (Å²) in [5.74, 6) is 0. The van der Waals surface area contributed by atoms with Crippen LogP contribution >= 0.6 is 0 Å². The first kappa shape index (κ1) is 14.3. The van der Waals surface area contributed by atoms with E-state index < -0.39 is 0 Å². The molecular weight excluding hydrogens is 228 g/mol. The molecule has 0 N–H and O–H groups in total. The van der Waals surface area contributed by atoms with Gasteiger partial charge in [-0.2, -0.15) is 0 Å². The van der Waals surface area contributed by atoms with Crippen LogP contribution < -0.4 is 0 Å². The van der Waals surface area contributed by atoms with E-state index >= 15 is 0 Å². The highest BCUT2D eigenvalue weighted by molar-refractivity contribution is 4.75. The Morgan fingerprint density at radius 1 is 1.11 bits per heavy atom. The maximum Gasteiger partial charge on any atom is 0.158 e. The quantitative estimate of drug-likeness (QED) is 0.745. The SMILES string of the molecule is CCC(C)N1CCN(CCC2OCCCO2)CC1. The molecule has 0 aromatic heterocycles. The van der Waals surface area contributed by atoms with Crippen LogP contribution in [0.3, 0.4) is 0 Å². The second-order valence-corrected chi connectivity index (χ2v) is 5.45. The highest BCUT2D eigenvalue weighted by Gasteiger charge is 2.21. The minimum atomic E-state index is 0.0475. The molecular formula is C14H28N2O2. The molecule has 0 spiro atoms. The lowest BCUT2D eigenvalue weighted by atomic mass is 10.2. The van der Waals surface area contributed by atoms with Crippen molar-refractivity contribution in [2.24, 2.45) is 0 Å². The van der Waals surface area contributed by atoms with Crippen molar-refractivity contribution >= 4 is 0 Å². The first-order valence-electron chi connectivity index (χ1n) is 7.49. The molecule has 2 fully saturated rings. The Labute approximate surface area is 111 Å². The summed E-state index contributed by atoms with van der Waals surface area (Å²) >= 11 is 0. The summed E-state index contributed by atoms with van der Waals surface area (Å²) in [6.45, 7) is 12.3. The molecule has 2 rings (SSSR count). The predicted molar refractivity (Wildman–Crippen MR) is 72.7 cm³/mol. The van der Waals surface area contributed by atoms with Gasteiger partial charge in [0.25, 0.3) is 0 Å². The summed E-state index contributed by atoms with van der Waals surface area (Å²) in [5, 5.41) is 0. The first-order chi connectivity index (χ1) is 8.79. The lowest BCUT2D eigenvalue weighted by Gasteiger charge is -2.38. The first-order valence-corrected chi connectivity index (χ1v) is 7.49. The Balaban J connectivity index is 1.61. The molecule has 1 unspecified atom stereocenters. The van der Waals surface area contributed by atoms with Crippen molar-refractivity contribution in [1.82, 2.24) is 9.80 Å². The number of hydrogen-bond acceptors (Lipinski definition) is 4. The van der Waals surface area contributed by atoms with Crippen molar-refractivity contribution in [1.29, 1.82) is 0 Å². The minimum Gasteiger partial charge on any atom is -0.353 e. The van der Waals surface area contributed by atoms with E-state index in [-0.39, 0.29) is 6.29 Å². The van der Waals surface area contributed by atoms with Crippen LogP contribution in [-0.4, -0.2) is 68.1 Å². The number of ether oxygens (including phenoxy) is 2. The third kappa shape index (κ3) is 4.19. The molecule has 0 aromatic carbocycles. The topological polar surface area (TPSA) is 24.9 Å². The van der Waals surface area contributed by atoms with Crippen molar-refractivity contribution in [3.63, 3.8) is 0 Å².